The van der Waals surface area contributed by atoms with E-state index in [1.807, 2.05) is 0 Å². The number of halogens is 2. The molecule has 0 aliphatic carbocycles. The lowest BCUT2D eigenvalue weighted by atomic mass is 10.2. The number of carbonyl (C=O) groups excluding carboxylic acids is 2. The summed E-state index contributed by atoms with van der Waals surface area (Å²) in [4.78, 5) is 25.4. The van der Waals surface area contributed by atoms with Crippen LogP contribution in [0.15, 0.2) is 47.4 Å². The fourth-order valence-electron chi connectivity index (χ4n) is 3.40. The zero-order valence-corrected chi connectivity index (χ0v) is 20.3. The van der Waals surface area contributed by atoms with E-state index >= 15 is 0 Å². The average Bonchev–Trinajstić information content (AvgIpc) is 3.05. The Morgan fingerprint density at radius 1 is 1.24 bits per heavy atom. The van der Waals surface area contributed by atoms with Crippen molar-refractivity contribution < 1.29 is 36.3 Å². The third-order valence-corrected chi connectivity index (χ3v) is 6.47. The lowest BCUT2D eigenvalue weighted by molar-refractivity contribution is -0.131. The van der Waals surface area contributed by atoms with Gasteiger partial charge >= 0.3 is 5.85 Å². The molecule has 34 heavy (non-hydrogen) atoms. The molecule has 1 aliphatic rings. The quantitative estimate of drug-likeness (QED) is 0.496. The number of amides is 2. The van der Waals surface area contributed by atoms with E-state index in [0.717, 1.165) is 6.07 Å². The highest BCUT2D eigenvalue weighted by atomic mass is 32.2. The number of rotatable bonds is 9. The number of nitrogens with zero attached hydrogens (tertiary/aromatic N) is 1. The maximum atomic E-state index is 13.1. The van der Waals surface area contributed by atoms with E-state index < -0.39 is 27.8 Å². The van der Waals surface area contributed by atoms with Gasteiger partial charge in [0.2, 0.25) is 11.8 Å². The Hall–Kier alpha value is -2.98. The van der Waals surface area contributed by atoms with Crippen LogP contribution in [0.3, 0.4) is 0 Å². The number of nitrogens with one attached hydrogen (secondary N) is 2. The molecule has 3 rings (SSSR count). The van der Waals surface area contributed by atoms with Gasteiger partial charge in [-0.3, -0.25) is 14.3 Å². The number of benzene rings is 2. The summed E-state index contributed by atoms with van der Waals surface area (Å²) in [5.41, 5.74) is 0.290. The van der Waals surface area contributed by atoms with Crippen LogP contribution < -0.4 is 19.5 Å². The molecule has 9 nitrogen and oxygen atoms in total. The second kappa shape index (κ2) is 10.1. The van der Waals surface area contributed by atoms with Gasteiger partial charge in [0.15, 0.2) is 0 Å². The second-order valence-corrected chi connectivity index (χ2v) is 9.76. The van der Waals surface area contributed by atoms with Crippen molar-refractivity contribution in [2.45, 2.75) is 36.6 Å². The first-order chi connectivity index (χ1) is 15.9. The highest BCUT2D eigenvalue weighted by Crippen LogP contribution is 2.32. The van der Waals surface area contributed by atoms with Gasteiger partial charge in [-0.1, -0.05) is 6.07 Å². The lowest BCUT2D eigenvalue weighted by Crippen LogP contribution is -2.38. The summed E-state index contributed by atoms with van der Waals surface area (Å²) in [5, 5.41) is 2.67. The van der Waals surface area contributed by atoms with Crippen LogP contribution in [0.4, 0.5) is 20.2 Å². The Labute approximate surface area is 198 Å². The maximum absolute atomic E-state index is 13.1. The SMILES string of the molecule is CCOc1cc(NC(=O)C2CCC(=O)N2C)ccc1S(=O)(=O)Nc1cccc(OC(F)(F)P)c1. The highest BCUT2D eigenvalue weighted by molar-refractivity contribution is 7.92. The number of anilines is 2. The number of alkyl halides is 2. The summed E-state index contributed by atoms with van der Waals surface area (Å²) in [7, 11) is -1.41. The molecule has 1 aliphatic heterocycles. The summed E-state index contributed by atoms with van der Waals surface area (Å²) in [6.07, 6.45) is 0.671. The summed E-state index contributed by atoms with van der Waals surface area (Å²) < 4.78 is 64.4. The molecular formula is C21H24F2N3O6PS. The van der Waals surface area contributed by atoms with Crippen molar-refractivity contribution in [2.24, 2.45) is 0 Å². The Kier molecular flexibility index (Phi) is 7.62. The number of hydrogen-bond acceptors (Lipinski definition) is 6. The number of ether oxygens (including phenoxy) is 2. The van der Waals surface area contributed by atoms with E-state index in [1.54, 1.807) is 14.0 Å². The fourth-order valence-corrected chi connectivity index (χ4v) is 4.72. The molecule has 2 aromatic rings. The van der Waals surface area contributed by atoms with Crippen molar-refractivity contribution in [2.75, 3.05) is 23.7 Å². The maximum Gasteiger partial charge on any atom is 0.408 e. The van der Waals surface area contributed by atoms with Gasteiger partial charge in [0.25, 0.3) is 10.0 Å². The molecule has 184 valence electrons. The molecule has 2 atom stereocenters. The molecule has 1 heterocycles. The normalized spacial score (nSPS) is 16.3. The van der Waals surface area contributed by atoms with Gasteiger partial charge in [0.1, 0.15) is 22.4 Å². The van der Waals surface area contributed by atoms with Crippen molar-refractivity contribution in [1.29, 1.82) is 0 Å². The lowest BCUT2D eigenvalue weighted by Gasteiger charge is -2.20. The van der Waals surface area contributed by atoms with Crippen molar-refractivity contribution in [3.05, 3.63) is 42.5 Å². The number of carbonyl (C=O) groups is 2. The van der Waals surface area contributed by atoms with Crippen molar-refractivity contribution in [3.63, 3.8) is 0 Å². The predicted octanol–water partition coefficient (Wildman–Crippen LogP) is 3.25. The minimum Gasteiger partial charge on any atom is -0.492 e. The first-order valence-corrected chi connectivity index (χ1v) is 12.3. The van der Waals surface area contributed by atoms with Crippen LogP contribution in [-0.2, 0) is 19.6 Å². The molecule has 2 unspecified atom stereocenters. The molecule has 2 amide bonds. The van der Waals surface area contributed by atoms with E-state index in [4.69, 9.17) is 4.74 Å². The van der Waals surface area contributed by atoms with Crippen LogP contribution in [0.5, 0.6) is 11.5 Å². The number of sulfonamides is 1. The number of likely N-dealkylation sites (tertiary alicyclic amines) is 1. The molecule has 0 radical (unpaired) electrons. The molecule has 2 aromatic carbocycles. The minimum atomic E-state index is -4.19. The highest BCUT2D eigenvalue weighted by Gasteiger charge is 2.33. The summed E-state index contributed by atoms with van der Waals surface area (Å²) in [6.45, 7) is 1.81. The van der Waals surface area contributed by atoms with Crippen LogP contribution in [0.1, 0.15) is 19.8 Å². The Morgan fingerprint density at radius 2 is 1.97 bits per heavy atom. The number of hydrogen-bond donors (Lipinski definition) is 2. The topological polar surface area (TPSA) is 114 Å². The third-order valence-electron chi connectivity index (χ3n) is 4.94. The van der Waals surface area contributed by atoms with Crippen molar-refractivity contribution in [3.8, 4) is 11.5 Å². The van der Waals surface area contributed by atoms with Gasteiger partial charge in [-0.25, -0.2) is 8.42 Å². The standard InChI is InChI=1S/C21H24F2N3O6PS/c1-3-31-17-12-13(24-20(28)16-8-10-19(27)26(16)2)7-9-18(17)34(29,30)25-14-5-4-6-15(11-14)32-21(22,23)33/h4-7,9,11-12,16,25H,3,8,10,33H2,1-2H3,(H,24,28). The van der Waals surface area contributed by atoms with E-state index in [0.29, 0.717) is 12.1 Å². The molecule has 2 N–H and O–H groups in total. The van der Waals surface area contributed by atoms with Crippen LogP contribution in [-0.4, -0.2) is 50.7 Å². The van der Waals surface area contributed by atoms with Gasteiger partial charge in [-0.05, 0) is 46.8 Å². The minimum absolute atomic E-state index is 0.000477. The summed E-state index contributed by atoms with van der Waals surface area (Å²) >= 11 is 0. The molecule has 0 bridgehead atoms. The van der Waals surface area contributed by atoms with E-state index in [1.165, 1.54) is 50.5 Å². The van der Waals surface area contributed by atoms with Gasteiger partial charge in [0, 0.05) is 31.3 Å². The predicted molar refractivity (Wildman–Crippen MR) is 125 cm³/mol. The van der Waals surface area contributed by atoms with E-state index in [9.17, 15) is 26.8 Å². The van der Waals surface area contributed by atoms with Gasteiger partial charge in [-0.15, -0.1) is 0 Å². The molecule has 0 aromatic heterocycles. The van der Waals surface area contributed by atoms with Crippen LogP contribution >= 0.6 is 9.24 Å². The molecule has 13 heteroatoms. The zero-order valence-electron chi connectivity index (χ0n) is 18.4. The van der Waals surface area contributed by atoms with Gasteiger partial charge in [-0.2, -0.15) is 8.78 Å². The Bertz CT molecular complexity index is 1190. The first-order valence-electron chi connectivity index (χ1n) is 10.2. The first kappa shape index (κ1) is 25.6. The van der Waals surface area contributed by atoms with E-state index in [2.05, 4.69) is 14.8 Å². The van der Waals surface area contributed by atoms with Crippen LogP contribution in [0, 0.1) is 0 Å². The third kappa shape index (κ3) is 6.32. The van der Waals surface area contributed by atoms with Crippen LogP contribution in [0.2, 0.25) is 0 Å². The summed E-state index contributed by atoms with van der Waals surface area (Å²) in [5.74, 6) is -4.29. The molecule has 1 saturated heterocycles. The largest absolute Gasteiger partial charge is 0.492 e. The second-order valence-electron chi connectivity index (χ2n) is 7.44. The smallest absolute Gasteiger partial charge is 0.408 e. The summed E-state index contributed by atoms with van der Waals surface area (Å²) in [6, 6.07) is 8.50. The molecule has 0 saturated carbocycles. The van der Waals surface area contributed by atoms with Gasteiger partial charge < -0.3 is 19.7 Å². The average molecular weight is 515 g/mol. The molecule has 1 fully saturated rings. The van der Waals surface area contributed by atoms with Crippen molar-refractivity contribution >= 4 is 42.5 Å². The zero-order chi connectivity index (χ0) is 25.1. The van der Waals surface area contributed by atoms with E-state index in [-0.39, 0.29) is 41.0 Å². The van der Waals surface area contributed by atoms with Crippen molar-refractivity contribution in [1.82, 2.24) is 4.90 Å². The fraction of sp³-hybridized carbons (Fsp3) is 0.333. The monoisotopic (exact) mass is 515 g/mol. The van der Waals surface area contributed by atoms with Crippen LogP contribution in [0.25, 0.3) is 0 Å². The Balaban J connectivity index is 1.82. The number of likely N-dealkylation sites (N-methyl/N-ethyl adjacent to an activating group) is 1. The van der Waals surface area contributed by atoms with Gasteiger partial charge in [0.05, 0.1) is 12.3 Å². The molecule has 0 spiro atoms. The molecular weight excluding hydrogens is 491 g/mol. The Morgan fingerprint density at radius 3 is 2.59 bits per heavy atom.